The van der Waals surface area contributed by atoms with E-state index in [4.69, 9.17) is 5.73 Å². The van der Waals surface area contributed by atoms with Crippen molar-refractivity contribution in [2.75, 3.05) is 18.8 Å². The Labute approximate surface area is 238 Å². The summed E-state index contributed by atoms with van der Waals surface area (Å²) in [7, 11) is 0. The summed E-state index contributed by atoms with van der Waals surface area (Å²) in [5.41, 5.74) is 9.42. The fourth-order valence-corrected chi connectivity index (χ4v) is 7.55. The first kappa shape index (κ1) is 27.1. The number of nitrogen functional groups attached to an aromatic ring is 1. The van der Waals surface area contributed by atoms with Gasteiger partial charge in [-0.3, -0.25) is 14.7 Å². The molecule has 2 aromatic rings. The van der Waals surface area contributed by atoms with E-state index >= 15 is 0 Å². The molecule has 11 nitrogen and oxygen atoms in total. The lowest BCUT2D eigenvalue weighted by molar-refractivity contribution is -0.121. The second-order valence-electron chi connectivity index (χ2n) is 12.1. The molecule has 1 saturated carbocycles. The molecule has 2 fully saturated rings. The number of likely N-dealkylation sites (tertiary alicyclic amines) is 1. The van der Waals surface area contributed by atoms with Gasteiger partial charge in [0.2, 0.25) is 11.9 Å². The zero-order chi connectivity index (χ0) is 27.9. The van der Waals surface area contributed by atoms with Crippen molar-refractivity contribution < 1.29 is 9.59 Å². The van der Waals surface area contributed by atoms with E-state index in [1.54, 1.807) is 6.20 Å². The van der Waals surface area contributed by atoms with Gasteiger partial charge >= 0.3 is 0 Å². The number of carbonyl (C=O) groups excluding carboxylic acids is 2. The third-order valence-corrected chi connectivity index (χ3v) is 9.60. The molecular weight excluding hydrogens is 526 g/mol. The number of hydrogen-bond donors (Lipinski definition) is 5. The Morgan fingerprint density at radius 2 is 1.90 bits per heavy atom. The number of anilines is 1. The van der Waals surface area contributed by atoms with Crippen molar-refractivity contribution in [2.24, 2.45) is 0 Å². The fraction of sp³-hybridized carbons (Fsp3) is 0.607. The van der Waals surface area contributed by atoms with Gasteiger partial charge in [0.05, 0.1) is 12.1 Å². The Bertz CT molecular complexity index is 1310. The van der Waals surface area contributed by atoms with Crippen molar-refractivity contribution in [2.45, 2.75) is 94.6 Å². The van der Waals surface area contributed by atoms with Gasteiger partial charge in [0.15, 0.2) is 5.50 Å². The van der Waals surface area contributed by atoms with Crippen LogP contribution in [-0.2, 0) is 16.6 Å². The molecule has 0 bridgehead atoms. The number of thioether (sulfide) groups is 1. The van der Waals surface area contributed by atoms with E-state index < -0.39 is 0 Å². The molecule has 0 spiro atoms. The molecule has 4 aliphatic rings. The molecule has 40 heavy (non-hydrogen) atoms. The first-order valence-electron chi connectivity index (χ1n) is 14.4. The summed E-state index contributed by atoms with van der Waals surface area (Å²) in [5.74, 6) is -0.0644. The van der Waals surface area contributed by atoms with Crippen LogP contribution in [0.25, 0.3) is 11.4 Å². The molecule has 1 saturated heterocycles. The summed E-state index contributed by atoms with van der Waals surface area (Å²) in [5, 5.41) is 18.8. The minimum atomic E-state index is -0.370. The number of nitrogens with one attached hydrogen (secondary N) is 4. The Balaban J connectivity index is 1.00. The van der Waals surface area contributed by atoms with E-state index in [2.05, 4.69) is 54.9 Å². The number of piperidine rings is 1. The van der Waals surface area contributed by atoms with E-state index in [-0.39, 0.29) is 41.1 Å². The lowest BCUT2D eigenvalue weighted by Gasteiger charge is -2.39. The van der Waals surface area contributed by atoms with Crippen molar-refractivity contribution in [3.05, 3.63) is 34.1 Å². The van der Waals surface area contributed by atoms with Crippen LogP contribution in [0, 0.1) is 0 Å². The van der Waals surface area contributed by atoms with Crippen LogP contribution in [0.2, 0.25) is 0 Å². The third kappa shape index (κ3) is 5.56. The summed E-state index contributed by atoms with van der Waals surface area (Å²) in [6, 6.07) is 0.975. The van der Waals surface area contributed by atoms with Gasteiger partial charge in [-0.15, -0.1) is 0 Å². The van der Waals surface area contributed by atoms with Gasteiger partial charge in [0.25, 0.3) is 5.91 Å². The standard InChI is InChI=1S/C28H39N9O2S/c1-28(2)13-16-14-30-26(29)33-22(16)23-21(28)24(36-35-23)25(39)34-27-32-18(15-40-27)12-20(38)31-17-8-10-37(11-9-17)19-6-4-3-5-7-19/h14-15,17,19,27,32H,3-13H2,1-2H3,(H,31,38)(H,34,39)(H,35,36)(H2,29,30,33). The minimum Gasteiger partial charge on any atom is -0.368 e. The zero-order valence-corrected chi connectivity index (χ0v) is 24.1. The maximum Gasteiger partial charge on any atom is 0.271 e. The number of hydrogen-bond acceptors (Lipinski definition) is 9. The van der Waals surface area contributed by atoms with E-state index in [0.717, 1.165) is 48.8 Å². The number of amides is 2. The van der Waals surface area contributed by atoms with Crippen LogP contribution >= 0.6 is 11.8 Å². The molecule has 214 valence electrons. The molecule has 4 heterocycles. The number of aromatic nitrogens is 4. The van der Waals surface area contributed by atoms with E-state index in [1.807, 2.05) is 5.41 Å². The van der Waals surface area contributed by atoms with Gasteiger partial charge in [0.1, 0.15) is 11.4 Å². The largest absolute Gasteiger partial charge is 0.368 e. The van der Waals surface area contributed by atoms with Crippen molar-refractivity contribution in [3.63, 3.8) is 0 Å². The summed E-state index contributed by atoms with van der Waals surface area (Å²) in [4.78, 5) is 37.3. The Morgan fingerprint density at radius 3 is 2.67 bits per heavy atom. The monoisotopic (exact) mass is 565 g/mol. The molecule has 2 aliphatic heterocycles. The predicted octanol–water partition coefficient (Wildman–Crippen LogP) is 2.78. The molecule has 6 rings (SSSR count). The molecule has 1 unspecified atom stereocenters. The van der Waals surface area contributed by atoms with Crippen LogP contribution in [-0.4, -0.2) is 67.6 Å². The van der Waals surface area contributed by atoms with Gasteiger partial charge in [-0.1, -0.05) is 44.9 Å². The number of nitrogens with two attached hydrogens (primary N) is 1. The summed E-state index contributed by atoms with van der Waals surface area (Å²) >= 11 is 1.44. The highest BCUT2D eigenvalue weighted by atomic mass is 32.2. The quantitative estimate of drug-likeness (QED) is 0.356. The average Bonchev–Trinajstić information content (AvgIpc) is 3.58. The van der Waals surface area contributed by atoms with Crippen LogP contribution in [0.3, 0.4) is 0 Å². The number of H-pyrrole nitrogens is 1. The first-order valence-corrected chi connectivity index (χ1v) is 15.4. The Kier molecular flexibility index (Phi) is 7.47. The topological polar surface area (TPSA) is 154 Å². The Morgan fingerprint density at radius 1 is 1.12 bits per heavy atom. The SMILES string of the molecule is CC1(C)Cc2cnc(N)nc2-c2n[nH]c(C(=O)NC3NC(CC(=O)NC4CCN(C5CCCCC5)CC4)=CS3)c21. The average molecular weight is 566 g/mol. The van der Waals surface area contributed by atoms with Crippen LogP contribution in [0.15, 0.2) is 17.3 Å². The summed E-state index contributed by atoms with van der Waals surface area (Å²) < 4.78 is 0. The number of carbonyl (C=O) groups is 2. The van der Waals surface area contributed by atoms with E-state index in [9.17, 15) is 9.59 Å². The highest BCUT2D eigenvalue weighted by molar-refractivity contribution is 8.02. The molecule has 0 aromatic carbocycles. The van der Waals surface area contributed by atoms with E-state index in [1.165, 1.54) is 43.9 Å². The molecular formula is C28H39N9O2S. The molecule has 2 aromatic heterocycles. The second-order valence-corrected chi connectivity index (χ2v) is 13.1. The maximum atomic E-state index is 13.3. The summed E-state index contributed by atoms with van der Waals surface area (Å²) in [6.07, 6.45) is 11.4. The highest BCUT2D eigenvalue weighted by Gasteiger charge is 2.39. The molecule has 12 heteroatoms. The lowest BCUT2D eigenvalue weighted by Crippen LogP contribution is -2.48. The van der Waals surface area contributed by atoms with Crippen molar-refractivity contribution in [3.8, 4) is 11.4 Å². The van der Waals surface area contributed by atoms with Crippen molar-refractivity contribution in [1.29, 1.82) is 0 Å². The van der Waals surface area contributed by atoms with Crippen molar-refractivity contribution in [1.82, 2.24) is 41.0 Å². The first-order chi connectivity index (χ1) is 19.3. The molecule has 2 aliphatic carbocycles. The molecule has 1 atom stereocenters. The van der Waals surface area contributed by atoms with Crippen LogP contribution in [0.1, 0.15) is 86.8 Å². The molecule has 0 radical (unpaired) electrons. The molecule has 2 amide bonds. The number of fused-ring (bicyclic) bond motifs is 3. The normalized spacial score (nSPS) is 23.1. The fourth-order valence-electron chi connectivity index (χ4n) is 6.70. The molecule has 6 N–H and O–H groups in total. The number of aromatic amines is 1. The van der Waals surface area contributed by atoms with Gasteiger partial charge in [-0.25, -0.2) is 9.97 Å². The Hall–Kier alpha value is -3.12. The number of rotatable bonds is 6. The van der Waals surface area contributed by atoms with Gasteiger partial charge in [-0.05, 0) is 48.5 Å². The van der Waals surface area contributed by atoms with Gasteiger partial charge in [-0.2, -0.15) is 5.10 Å². The van der Waals surface area contributed by atoms with Gasteiger partial charge in [0, 0.05) is 42.6 Å². The van der Waals surface area contributed by atoms with Gasteiger partial charge < -0.3 is 26.6 Å². The van der Waals surface area contributed by atoms with Crippen LogP contribution in [0.5, 0.6) is 0 Å². The highest BCUT2D eigenvalue weighted by Crippen LogP contribution is 2.42. The number of nitrogens with zero attached hydrogens (tertiary/aromatic N) is 4. The van der Waals surface area contributed by atoms with Crippen LogP contribution < -0.4 is 21.7 Å². The minimum absolute atomic E-state index is 0.0201. The third-order valence-electron chi connectivity index (χ3n) is 8.67. The maximum absolute atomic E-state index is 13.3. The summed E-state index contributed by atoms with van der Waals surface area (Å²) in [6.45, 7) is 6.30. The van der Waals surface area contributed by atoms with E-state index in [0.29, 0.717) is 23.5 Å². The second kappa shape index (κ2) is 11.0. The lowest BCUT2D eigenvalue weighted by atomic mass is 9.73. The predicted molar refractivity (Wildman–Crippen MR) is 155 cm³/mol. The van der Waals surface area contributed by atoms with Crippen molar-refractivity contribution >= 4 is 29.5 Å². The smallest absolute Gasteiger partial charge is 0.271 e. The zero-order valence-electron chi connectivity index (χ0n) is 23.3. The van der Waals surface area contributed by atoms with Crippen LogP contribution in [0.4, 0.5) is 5.95 Å².